The van der Waals surface area contributed by atoms with Crippen molar-refractivity contribution in [1.82, 2.24) is 14.5 Å². The fraction of sp³-hybridized carbons (Fsp3) is 0.136. The van der Waals surface area contributed by atoms with Crippen LogP contribution in [0.15, 0.2) is 71.7 Å². The maximum absolute atomic E-state index is 12.6. The molecule has 2 aromatic heterocycles. The smallest absolute Gasteiger partial charge is 0.252 e. The van der Waals surface area contributed by atoms with Crippen LogP contribution in [0.2, 0.25) is 0 Å². The molecule has 1 N–H and O–H groups in total. The van der Waals surface area contributed by atoms with Gasteiger partial charge in [0, 0.05) is 29.4 Å². The van der Waals surface area contributed by atoms with Crippen molar-refractivity contribution >= 4 is 22.7 Å². The Bertz CT molecular complexity index is 1180. The maximum atomic E-state index is 12.6. The van der Waals surface area contributed by atoms with Crippen molar-refractivity contribution in [2.45, 2.75) is 6.54 Å². The fourth-order valence-corrected chi connectivity index (χ4v) is 3.08. The molecule has 4 rings (SSSR count). The van der Waals surface area contributed by atoms with E-state index < -0.39 is 0 Å². The number of rotatable bonds is 6. The van der Waals surface area contributed by atoms with Gasteiger partial charge in [0.15, 0.2) is 0 Å². The Morgan fingerprint density at radius 3 is 2.38 bits per heavy atom. The summed E-state index contributed by atoms with van der Waals surface area (Å²) in [4.78, 5) is 21.6. The maximum Gasteiger partial charge on any atom is 0.252 e. The van der Waals surface area contributed by atoms with Crippen molar-refractivity contribution in [1.29, 1.82) is 0 Å². The summed E-state index contributed by atoms with van der Waals surface area (Å²) in [6.45, 7) is 0.325. The Hall–Kier alpha value is -3.87. The highest BCUT2D eigenvalue weighted by atomic mass is 16.5. The molecule has 0 aliphatic rings. The molecule has 146 valence electrons. The van der Waals surface area contributed by atoms with E-state index in [1.165, 1.54) is 6.07 Å². The normalized spacial score (nSPS) is 10.7. The molecular weight excluding hydrogens is 368 g/mol. The van der Waals surface area contributed by atoms with Crippen LogP contribution in [0.4, 0.5) is 11.6 Å². The molecule has 0 aliphatic carbocycles. The number of methoxy groups -OCH3 is 2. The molecule has 7 nitrogen and oxygen atoms in total. The number of hydrogen-bond donors (Lipinski definition) is 1. The number of nitrogens with zero attached hydrogens (tertiary/aromatic N) is 3. The summed E-state index contributed by atoms with van der Waals surface area (Å²) in [7, 11) is 3.19. The largest absolute Gasteiger partial charge is 0.497 e. The molecule has 0 saturated heterocycles. The quantitative estimate of drug-likeness (QED) is 0.544. The molecule has 0 spiro atoms. The Morgan fingerprint density at radius 1 is 0.966 bits per heavy atom. The number of fused-ring (bicyclic) bond motifs is 1. The van der Waals surface area contributed by atoms with E-state index in [9.17, 15) is 4.79 Å². The van der Waals surface area contributed by atoms with Crippen molar-refractivity contribution in [2.24, 2.45) is 0 Å². The predicted octanol–water partition coefficient (Wildman–Crippen LogP) is 3.60. The summed E-state index contributed by atoms with van der Waals surface area (Å²) in [5.74, 6) is 1.74. The first kappa shape index (κ1) is 18.5. The van der Waals surface area contributed by atoms with E-state index in [0.29, 0.717) is 29.6 Å². The minimum absolute atomic E-state index is 0.149. The number of nitrogens with one attached hydrogen (secondary N) is 1. The highest BCUT2D eigenvalue weighted by Gasteiger charge is 2.10. The van der Waals surface area contributed by atoms with Gasteiger partial charge >= 0.3 is 0 Å². The number of anilines is 2. The lowest BCUT2D eigenvalue weighted by molar-refractivity contribution is 0.393. The van der Waals surface area contributed by atoms with Crippen LogP contribution < -0.4 is 20.3 Å². The Morgan fingerprint density at radius 2 is 1.69 bits per heavy atom. The van der Waals surface area contributed by atoms with E-state index in [2.05, 4.69) is 15.3 Å². The number of pyridine rings is 1. The summed E-state index contributed by atoms with van der Waals surface area (Å²) < 4.78 is 12.3. The van der Waals surface area contributed by atoms with Crippen LogP contribution in [-0.4, -0.2) is 28.8 Å². The Kier molecular flexibility index (Phi) is 5.11. The van der Waals surface area contributed by atoms with E-state index in [1.807, 2.05) is 42.5 Å². The van der Waals surface area contributed by atoms with Gasteiger partial charge in [-0.25, -0.2) is 4.98 Å². The van der Waals surface area contributed by atoms with Crippen LogP contribution in [0.5, 0.6) is 11.5 Å². The third-order valence-electron chi connectivity index (χ3n) is 4.50. The number of hydrogen-bond acceptors (Lipinski definition) is 6. The SMILES string of the molecule is COc1cc(Cn2c(=O)ccc3cnc(Nc4ccccc4)nc32)cc(OC)c1. The summed E-state index contributed by atoms with van der Waals surface area (Å²) in [5, 5.41) is 3.94. The third kappa shape index (κ3) is 4.03. The zero-order valence-corrected chi connectivity index (χ0v) is 16.1. The van der Waals surface area contributed by atoms with Gasteiger partial charge in [-0.3, -0.25) is 9.36 Å². The van der Waals surface area contributed by atoms with Gasteiger partial charge in [0.1, 0.15) is 17.1 Å². The van der Waals surface area contributed by atoms with Gasteiger partial charge < -0.3 is 14.8 Å². The Labute approximate surface area is 167 Å². The standard InChI is InChI=1S/C22H20N4O3/c1-28-18-10-15(11-19(12-18)29-2)14-26-20(27)9-8-16-13-23-22(25-21(16)26)24-17-6-4-3-5-7-17/h3-13H,14H2,1-2H3,(H,23,24,25). The molecule has 0 atom stereocenters. The lowest BCUT2D eigenvalue weighted by atomic mass is 10.2. The lowest BCUT2D eigenvalue weighted by Crippen LogP contribution is -2.21. The molecule has 0 amide bonds. The van der Waals surface area contributed by atoms with Gasteiger partial charge in [-0.15, -0.1) is 0 Å². The van der Waals surface area contributed by atoms with Gasteiger partial charge in [0.2, 0.25) is 5.95 Å². The minimum Gasteiger partial charge on any atom is -0.497 e. The molecule has 0 bridgehead atoms. The van der Waals surface area contributed by atoms with E-state index in [1.54, 1.807) is 37.1 Å². The van der Waals surface area contributed by atoms with Gasteiger partial charge in [-0.2, -0.15) is 4.98 Å². The zero-order valence-electron chi connectivity index (χ0n) is 16.1. The average molecular weight is 388 g/mol. The number of aromatic nitrogens is 3. The van der Waals surface area contributed by atoms with Crippen LogP contribution in [0.1, 0.15) is 5.56 Å². The predicted molar refractivity (Wildman–Crippen MR) is 112 cm³/mol. The monoisotopic (exact) mass is 388 g/mol. The summed E-state index contributed by atoms with van der Waals surface area (Å²) in [6, 6.07) is 18.4. The molecule has 4 aromatic rings. The van der Waals surface area contributed by atoms with Crippen molar-refractivity contribution < 1.29 is 9.47 Å². The summed E-state index contributed by atoms with van der Waals surface area (Å²) >= 11 is 0. The van der Waals surface area contributed by atoms with Crippen LogP contribution in [-0.2, 0) is 6.54 Å². The van der Waals surface area contributed by atoms with Crippen molar-refractivity contribution in [2.75, 3.05) is 19.5 Å². The molecule has 0 radical (unpaired) electrons. The second-order valence-electron chi connectivity index (χ2n) is 6.44. The highest BCUT2D eigenvalue weighted by molar-refractivity contribution is 5.75. The number of para-hydroxylation sites is 1. The second-order valence-corrected chi connectivity index (χ2v) is 6.44. The van der Waals surface area contributed by atoms with E-state index in [-0.39, 0.29) is 5.56 Å². The third-order valence-corrected chi connectivity index (χ3v) is 4.50. The van der Waals surface area contributed by atoms with Crippen LogP contribution >= 0.6 is 0 Å². The first-order valence-electron chi connectivity index (χ1n) is 9.07. The average Bonchev–Trinajstić information content (AvgIpc) is 2.76. The summed E-state index contributed by atoms with van der Waals surface area (Å²) in [6.07, 6.45) is 1.70. The topological polar surface area (TPSA) is 78.3 Å². The molecule has 0 unspecified atom stereocenters. The van der Waals surface area contributed by atoms with Crippen LogP contribution in [0.25, 0.3) is 11.0 Å². The van der Waals surface area contributed by atoms with E-state index in [4.69, 9.17) is 9.47 Å². The van der Waals surface area contributed by atoms with E-state index >= 15 is 0 Å². The molecule has 0 aliphatic heterocycles. The van der Waals surface area contributed by atoms with Gasteiger partial charge in [0.05, 0.1) is 20.8 Å². The number of ether oxygens (including phenoxy) is 2. The van der Waals surface area contributed by atoms with Crippen molar-refractivity contribution in [3.05, 3.63) is 82.8 Å². The van der Waals surface area contributed by atoms with E-state index in [0.717, 1.165) is 16.6 Å². The zero-order chi connectivity index (χ0) is 20.2. The second kappa shape index (κ2) is 8.02. The van der Waals surface area contributed by atoms with Crippen LogP contribution in [0, 0.1) is 0 Å². The van der Waals surface area contributed by atoms with Crippen molar-refractivity contribution in [3.63, 3.8) is 0 Å². The van der Waals surface area contributed by atoms with Gasteiger partial charge in [-0.05, 0) is 35.9 Å². The summed E-state index contributed by atoms with van der Waals surface area (Å²) in [5.41, 5.74) is 2.14. The number of benzene rings is 2. The minimum atomic E-state index is -0.149. The molecule has 7 heteroatoms. The molecule has 0 saturated carbocycles. The Balaban J connectivity index is 1.76. The van der Waals surface area contributed by atoms with Gasteiger partial charge in [-0.1, -0.05) is 18.2 Å². The lowest BCUT2D eigenvalue weighted by Gasteiger charge is -2.13. The van der Waals surface area contributed by atoms with Gasteiger partial charge in [0.25, 0.3) is 5.56 Å². The molecular formula is C22H20N4O3. The van der Waals surface area contributed by atoms with Crippen molar-refractivity contribution in [3.8, 4) is 11.5 Å². The highest BCUT2D eigenvalue weighted by Crippen LogP contribution is 2.24. The molecule has 2 aromatic carbocycles. The molecule has 0 fully saturated rings. The molecule has 29 heavy (non-hydrogen) atoms. The van der Waals surface area contributed by atoms with Crippen LogP contribution in [0.3, 0.4) is 0 Å². The molecule has 2 heterocycles. The fourth-order valence-electron chi connectivity index (χ4n) is 3.08. The first-order valence-corrected chi connectivity index (χ1v) is 9.07. The first-order chi connectivity index (χ1) is 14.2.